The molecule has 0 radical (unpaired) electrons. The molecule has 1 aliphatic rings. The van der Waals surface area contributed by atoms with Crippen molar-refractivity contribution in [2.45, 2.75) is 25.8 Å². The Morgan fingerprint density at radius 2 is 1.86 bits per heavy atom. The van der Waals surface area contributed by atoms with Crippen LogP contribution in [0.25, 0.3) is 0 Å². The first-order valence-corrected chi connectivity index (χ1v) is 7.77. The van der Waals surface area contributed by atoms with Crippen LogP contribution in [0.5, 0.6) is 0 Å². The van der Waals surface area contributed by atoms with Crippen LogP contribution in [0.3, 0.4) is 0 Å². The topological polar surface area (TPSA) is 32.7 Å². The summed E-state index contributed by atoms with van der Waals surface area (Å²) in [5.41, 5.74) is 3.04. The van der Waals surface area contributed by atoms with Crippen LogP contribution in [-0.4, -0.2) is 16.6 Å². The number of hydrazone groups is 1. The van der Waals surface area contributed by atoms with E-state index in [-0.39, 0.29) is 11.9 Å². The predicted octanol–water partition coefficient (Wildman–Crippen LogP) is 4.43. The van der Waals surface area contributed by atoms with Crippen LogP contribution in [0.4, 0.5) is 0 Å². The summed E-state index contributed by atoms with van der Waals surface area (Å²) in [5.74, 6) is 0.0396. The van der Waals surface area contributed by atoms with Crippen LogP contribution in [-0.2, 0) is 4.79 Å². The van der Waals surface area contributed by atoms with E-state index in [0.717, 1.165) is 23.3 Å². The molecule has 0 unspecified atom stereocenters. The Labute approximate surface area is 135 Å². The summed E-state index contributed by atoms with van der Waals surface area (Å²) in [5, 5.41) is 6.90. The molecule has 0 spiro atoms. The molecule has 0 saturated carbocycles. The van der Waals surface area contributed by atoms with Crippen LogP contribution >= 0.6 is 11.6 Å². The smallest absolute Gasteiger partial charge is 0.242 e. The number of nitrogens with zero attached hydrogens (tertiary/aromatic N) is 2. The molecule has 1 heterocycles. The normalized spacial score (nSPS) is 17.5. The molecule has 2 aromatic rings. The van der Waals surface area contributed by atoms with E-state index in [2.05, 4.69) is 5.10 Å². The lowest BCUT2D eigenvalue weighted by atomic mass is 9.98. The van der Waals surface area contributed by atoms with Crippen LogP contribution in [0.1, 0.15) is 36.9 Å². The maximum atomic E-state index is 12.2. The predicted molar refractivity (Wildman–Crippen MR) is 88.9 cm³/mol. The number of benzene rings is 2. The Morgan fingerprint density at radius 3 is 2.50 bits per heavy atom. The van der Waals surface area contributed by atoms with E-state index >= 15 is 0 Å². The van der Waals surface area contributed by atoms with Gasteiger partial charge in [0.05, 0.1) is 11.8 Å². The van der Waals surface area contributed by atoms with E-state index in [4.69, 9.17) is 11.6 Å². The molecule has 112 valence electrons. The first-order valence-electron chi connectivity index (χ1n) is 7.39. The minimum Gasteiger partial charge on any atom is -0.273 e. The first-order chi connectivity index (χ1) is 10.7. The van der Waals surface area contributed by atoms with Gasteiger partial charge in [0.2, 0.25) is 5.91 Å². The van der Waals surface area contributed by atoms with Gasteiger partial charge in [0.25, 0.3) is 0 Å². The van der Waals surface area contributed by atoms with Gasteiger partial charge >= 0.3 is 0 Å². The van der Waals surface area contributed by atoms with Crippen molar-refractivity contribution in [2.24, 2.45) is 5.10 Å². The Bertz CT molecular complexity index is 695. The van der Waals surface area contributed by atoms with E-state index in [9.17, 15) is 4.79 Å². The maximum Gasteiger partial charge on any atom is 0.242 e. The standard InChI is InChI=1S/C18H17ClN2O/c1-2-18(22)21-17(14-6-4-3-5-7-14)12-16(20-21)13-8-10-15(19)11-9-13/h3-11,17H,2,12H2,1H3/t17-/m1/s1. The fraction of sp³-hybridized carbons (Fsp3) is 0.222. The third kappa shape index (κ3) is 2.90. The summed E-state index contributed by atoms with van der Waals surface area (Å²) >= 11 is 5.94. The minimum atomic E-state index is -0.0284. The van der Waals surface area contributed by atoms with Gasteiger partial charge in [0.15, 0.2) is 0 Å². The van der Waals surface area contributed by atoms with Crippen molar-refractivity contribution in [3.05, 3.63) is 70.7 Å². The molecular formula is C18H17ClN2O. The van der Waals surface area contributed by atoms with Crippen molar-refractivity contribution in [2.75, 3.05) is 0 Å². The summed E-state index contributed by atoms with van der Waals surface area (Å²) in [4.78, 5) is 12.2. The van der Waals surface area contributed by atoms with Gasteiger partial charge in [0, 0.05) is 17.9 Å². The van der Waals surface area contributed by atoms with Gasteiger partial charge in [-0.15, -0.1) is 0 Å². The van der Waals surface area contributed by atoms with Crippen LogP contribution in [0, 0.1) is 0 Å². The molecular weight excluding hydrogens is 296 g/mol. The summed E-state index contributed by atoms with van der Waals surface area (Å²) in [7, 11) is 0. The Hall–Kier alpha value is -2.13. The van der Waals surface area contributed by atoms with Gasteiger partial charge in [0.1, 0.15) is 0 Å². The molecule has 0 aromatic heterocycles. The average Bonchev–Trinajstić information content (AvgIpc) is 3.01. The van der Waals surface area contributed by atoms with E-state index in [1.165, 1.54) is 0 Å². The van der Waals surface area contributed by atoms with Gasteiger partial charge in [-0.2, -0.15) is 5.10 Å². The number of amides is 1. The number of rotatable bonds is 3. The highest BCUT2D eigenvalue weighted by Gasteiger charge is 2.32. The minimum absolute atomic E-state index is 0.0284. The zero-order valence-electron chi connectivity index (χ0n) is 12.4. The van der Waals surface area contributed by atoms with E-state index in [1.54, 1.807) is 5.01 Å². The monoisotopic (exact) mass is 312 g/mol. The molecule has 1 amide bonds. The zero-order chi connectivity index (χ0) is 15.5. The van der Waals surface area contributed by atoms with Crippen LogP contribution < -0.4 is 0 Å². The fourth-order valence-corrected chi connectivity index (χ4v) is 2.78. The Morgan fingerprint density at radius 1 is 1.18 bits per heavy atom. The Kier molecular flexibility index (Phi) is 4.25. The second-order valence-corrected chi connectivity index (χ2v) is 5.71. The molecule has 0 aliphatic carbocycles. The van der Waals surface area contributed by atoms with Gasteiger partial charge in [-0.05, 0) is 23.3 Å². The molecule has 2 aromatic carbocycles. The van der Waals surface area contributed by atoms with E-state index < -0.39 is 0 Å². The van der Waals surface area contributed by atoms with Crippen LogP contribution in [0.15, 0.2) is 59.7 Å². The van der Waals surface area contributed by atoms with Crippen molar-refractivity contribution < 1.29 is 4.79 Å². The lowest BCUT2D eigenvalue weighted by Crippen LogP contribution is -2.26. The van der Waals surface area contributed by atoms with Gasteiger partial charge in [-0.3, -0.25) is 4.79 Å². The molecule has 0 fully saturated rings. The fourth-order valence-electron chi connectivity index (χ4n) is 2.65. The molecule has 4 heteroatoms. The summed E-state index contributed by atoms with van der Waals surface area (Å²) in [6.45, 7) is 1.86. The molecule has 0 N–H and O–H groups in total. The Balaban J connectivity index is 1.94. The van der Waals surface area contributed by atoms with E-state index in [0.29, 0.717) is 11.4 Å². The van der Waals surface area contributed by atoms with E-state index in [1.807, 2.05) is 61.5 Å². The molecule has 3 nitrogen and oxygen atoms in total. The van der Waals surface area contributed by atoms with Gasteiger partial charge < -0.3 is 0 Å². The number of hydrogen-bond donors (Lipinski definition) is 0. The first kappa shape index (κ1) is 14.8. The number of carbonyl (C=O) groups is 1. The SMILES string of the molecule is CCC(=O)N1N=C(c2ccc(Cl)cc2)C[C@@H]1c1ccccc1. The number of carbonyl (C=O) groups excluding carboxylic acids is 1. The highest BCUT2D eigenvalue weighted by molar-refractivity contribution is 6.30. The van der Waals surface area contributed by atoms with Crippen molar-refractivity contribution in [1.82, 2.24) is 5.01 Å². The molecule has 1 aliphatic heterocycles. The lowest BCUT2D eigenvalue weighted by Gasteiger charge is -2.21. The quantitative estimate of drug-likeness (QED) is 0.825. The second-order valence-electron chi connectivity index (χ2n) is 5.28. The maximum absolute atomic E-state index is 12.2. The molecule has 3 rings (SSSR count). The average molecular weight is 313 g/mol. The highest BCUT2D eigenvalue weighted by atomic mass is 35.5. The molecule has 0 bridgehead atoms. The molecule has 22 heavy (non-hydrogen) atoms. The molecule has 1 atom stereocenters. The largest absolute Gasteiger partial charge is 0.273 e. The summed E-state index contributed by atoms with van der Waals surface area (Å²) < 4.78 is 0. The van der Waals surface area contributed by atoms with Crippen molar-refractivity contribution in [3.63, 3.8) is 0 Å². The number of halogens is 1. The van der Waals surface area contributed by atoms with Crippen molar-refractivity contribution >= 4 is 23.2 Å². The van der Waals surface area contributed by atoms with Gasteiger partial charge in [-0.25, -0.2) is 5.01 Å². The summed E-state index contributed by atoms with van der Waals surface area (Å²) in [6.07, 6.45) is 1.16. The number of hydrogen-bond acceptors (Lipinski definition) is 2. The third-order valence-electron chi connectivity index (χ3n) is 3.83. The van der Waals surface area contributed by atoms with Crippen LogP contribution in [0.2, 0.25) is 5.02 Å². The highest BCUT2D eigenvalue weighted by Crippen LogP contribution is 2.33. The van der Waals surface area contributed by atoms with Crippen molar-refractivity contribution in [3.8, 4) is 0 Å². The lowest BCUT2D eigenvalue weighted by molar-refractivity contribution is -0.132. The van der Waals surface area contributed by atoms with Gasteiger partial charge in [-0.1, -0.05) is 61.0 Å². The molecule has 0 saturated heterocycles. The summed E-state index contributed by atoms with van der Waals surface area (Å²) in [6, 6.07) is 17.6. The second kappa shape index (κ2) is 6.32. The zero-order valence-corrected chi connectivity index (χ0v) is 13.1. The third-order valence-corrected chi connectivity index (χ3v) is 4.08. The van der Waals surface area contributed by atoms with Crippen molar-refractivity contribution in [1.29, 1.82) is 0 Å².